The average molecular weight is 308 g/mol. The summed E-state index contributed by atoms with van der Waals surface area (Å²) in [7, 11) is 0. The second-order valence-corrected chi connectivity index (χ2v) is 4.16. The Morgan fingerprint density at radius 1 is 0.952 bits per heavy atom. The van der Waals surface area contributed by atoms with Gasteiger partial charge < -0.3 is 15.2 Å². The third kappa shape index (κ3) is 4.77. The molecule has 0 aliphatic carbocycles. The minimum absolute atomic E-state index is 0. The predicted molar refractivity (Wildman–Crippen MR) is 84.8 cm³/mol. The van der Waals surface area contributed by atoms with E-state index in [2.05, 4.69) is 0 Å². The van der Waals surface area contributed by atoms with E-state index >= 15 is 0 Å². The number of carbonyl (C=O) groups is 1. The number of hydrogen-bond donors (Lipinski definition) is 1. The first-order valence-electron chi connectivity index (χ1n) is 6.47. The summed E-state index contributed by atoms with van der Waals surface area (Å²) in [5.74, 6) is 2.11. The molecule has 0 atom stereocenters. The first-order valence-corrected chi connectivity index (χ1v) is 6.47. The van der Waals surface area contributed by atoms with Gasteiger partial charge in [0.25, 0.3) is 0 Å². The van der Waals surface area contributed by atoms with Gasteiger partial charge in [0.2, 0.25) is 0 Å². The molecule has 2 aromatic carbocycles. The van der Waals surface area contributed by atoms with Crippen LogP contribution < -0.4 is 15.2 Å². The number of carbonyl (C=O) groups excluding carboxylic acids is 1. The summed E-state index contributed by atoms with van der Waals surface area (Å²) in [6.07, 6.45) is 0. The summed E-state index contributed by atoms with van der Waals surface area (Å²) in [5.41, 5.74) is 5.90. The molecule has 0 aliphatic rings. The van der Waals surface area contributed by atoms with E-state index in [0.717, 1.165) is 5.75 Å². The van der Waals surface area contributed by atoms with Crippen molar-refractivity contribution < 1.29 is 14.3 Å². The van der Waals surface area contributed by atoms with Crippen LogP contribution in [0.5, 0.6) is 17.2 Å². The average Bonchev–Trinajstić information content (AvgIpc) is 2.49. The molecule has 0 unspecified atom stereocenters. The number of hydrogen-bond acceptors (Lipinski definition) is 4. The third-order valence-corrected chi connectivity index (χ3v) is 2.73. The molecule has 0 fully saturated rings. The molecule has 5 heteroatoms. The maximum Gasteiger partial charge on any atom is 0.176 e. The molecule has 112 valence electrons. The summed E-state index contributed by atoms with van der Waals surface area (Å²) in [4.78, 5) is 11.4. The fraction of sp³-hybridized carbons (Fsp3) is 0.188. The van der Waals surface area contributed by atoms with E-state index in [1.54, 1.807) is 24.3 Å². The Morgan fingerprint density at radius 2 is 1.43 bits per heavy atom. The molecule has 0 bridgehead atoms. The lowest BCUT2D eigenvalue weighted by Crippen LogP contribution is -2.13. The van der Waals surface area contributed by atoms with Crippen LogP contribution in [0.4, 0.5) is 0 Å². The van der Waals surface area contributed by atoms with Crippen LogP contribution in [0.25, 0.3) is 0 Å². The van der Waals surface area contributed by atoms with Crippen LogP contribution in [0.15, 0.2) is 48.5 Å². The van der Waals surface area contributed by atoms with Gasteiger partial charge in [-0.3, -0.25) is 4.79 Å². The third-order valence-electron chi connectivity index (χ3n) is 2.73. The summed E-state index contributed by atoms with van der Waals surface area (Å²) < 4.78 is 11.0. The first-order chi connectivity index (χ1) is 9.72. The van der Waals surface area contributed by atoms with Crippen molar-refractivity contribution in [1.29, 1.82) is 0 Å². The number of ether oxygens (including phenoxy) is 2. The molecular formula is C16H18ClNO3. The monoisotopic (exact) mass is 307 g/mol. The first kappa shape index (κ1) is 17.0. The summed E-state index contributed by atoms with van der Waals surface area (Å²) in [6, 6.07) is 14.3. The molecule has 2 N–H and O–H groups in total. The lowest BCUT2D eigenvalue weighted by Gasteiger charge is -2.08. The van der Waals surface area contributed by atoms with Crippen LogP contribution in [-0.4, -0.2) is 18.9 Å². The predicted octanol–water partition coefficient (Wildman–Crippen LogP) is 3.44. The molecular weight excluding hydrogens is 290 g/mol. The van der Waals surface area contributed by atoms with Gasteiger partial charge in [0.05, 0.1) is 13.2 Å². The minimum atomic E-state index is -0.0855. The zero-order valence-corrected chi connectivity index (χ0v) is 12.6. The van der Waals surface area contributed by atoms with E-state index < -0.39 is 0 Å². The molecule has 0 aliphatic heterocycles. The van der Waals surface area contributed by atoms with Crippen molar-refractivity contribution in [1.82, 2.24) is 0 Å². The summed E-state index contributed by atoms with van der Waals surface area (Å²) >= 11 is 0. The van der Waals surface area contributed by atoms with E-state index in [1.165, 1.54) is 0 Å². The number of halogens is 1. The van der Waals surface area contributed by atoms with Gasteiger partial charge in [0, 0.05) is 5.56 Å². The second kappa shape index (κ2) is 8.29. The SMILES string of the molecule is CCOc1ccc(Oc2ccc(C(=O)CN)cc2)cc1.Cl. The van der Waals surface area contributed by atoms with Gasteiger partial charge >= 0.3 is 0 Å². The maximum absolute atomic E-state index is 11.4. The Bertz CT molecular complexity index is 567. The van der Waals surface area contributed by atoms with E-state index in [4.69, 9.17) is 15.2 Å². The number of benzene rings is 2. The van der Waals surface area contributed by atoms with Gasteiger partial charge in [0.1, 0.15) is 17.2 Å². The van der Waals surface area contributed by atoms with Crippen molar-refractivity contribution in [2.24, 2.45) is 5.73 Å². The topological polar surface area (TPSA) is 61.5 Å². The molecule has 0 radical (unpaired) electrons. The van der Waals surface area contributed by atoms with Crippen molar-refractivity contribution in [3.05, 3.63) is 54.1 Å². The van der Waals surface area contributed by atoms with Gasteiger partial charge in [-0.15, -0.1) is 12.4 Å². The highest BCUT2D eigenvalue weighted by Crippen LogP contribution is 2.24. The Labute approximate surface area is 130 Å². The van der Waals surface area contributed by atoms with Gasteiger partial charge in [-0.05, 0) is 55.5 Å². The van der Waals surface area contributed by atoms with Crippen LogP contribution in [0.3, 0.4) is 0 Å². The fourth-order valence-corrected chi connectivity index (χ4v) is 1.73. The zero-order valence-electron chi connectivity index (χ0n) is 11.7. The molecule has 2 rings (SSSR count). The largest absolute Gasteiger partial charge is 0.494 e. The Balaban J connectivity index is 0.00000220. The molecule has 0 saturated heterocycles. The van der Waals surface area contributed by atoms with Crippen molar-refractivity contribution in [2.45, 2.75) is 6.92 Å². The number of nitrogens with two attached hydrogens (primary N) is 1. The van der Waals surface area contributed by atoms with E-state index in [-0.39, 0.29) is 24.7 Å². The van der Waals surface area contributed by atoms with Crippen LogP contribution >= 0.6 is 12.4 Å². The molecule has 0 aromatic heterocycles. The highest BCUT2D eigenvalue weighted by atomic mass is 35.5. The van der Waals surface area contributed by atoms with Crippen LogP contribution in [0.2, 0.25) is 0 Å². The van der Waals surface area contributed by atoms with E-state index in [9.17, 15) is 4.79 Å². The quantitative estimate of drug-likeness (QED) is 0.830. The fourth-order valence-electron chi connectivity index (χ4n) is 1.73. The summed E-state index contributed by atoms with van der Waals surface area (Å²) in [5, 5.41) is 0. The van der Waals surface area contributed by atoms with Crippen LogP contribution in [0.1, 0.15) is 17.3 Å². The lowest BCUT2D eigenvalue weighted by atomic mass is 10.1. The lowest BCUT2D eigenvalue weighted by molar-refractivity contribution is 0.100. The van der Waals surface area contributed by atoms with Crippen molar-refractivity contribution in [3.63, 3.8) is 0 Å². The van der Waals surface area contributed by atoms with Crippen molar-refractivity contribution >= 4 is 18.2 Å². The number of Topliss-reactive ketones (excluding diaryl/α,β-unsaturated/α-hetero) is 1. The van der Waals surface area contributed by atoms with E-state index in [1.807, 2.05) is 31.2 Å². The van der Waals surface area contributed by atoms with Crippen LogP contribution in [-0.2, 0) is 0 Å². The Morgan fingerprint density at radius 3 is 1.90 bits per heavy atom. The zero-order chi connectivity index (χ0) is 14.4. The summed E-state index contributed by atoms with van der Waals surface area (Å²) in [6.45, 7) is 2.59. The minimum Gasteiger partial charge on any atom is -0.494 e. The molecule has 21 heavy (non-hydrogen) atoms. The molecule has 0 spiro atoms. The second-order valence-electron chi connectivity index (χ2n) is 4.16. The molecule has 4 nitrogen and oxygen atoms in total. The Kier molecular flexibility index (Phi) is 6.72. The number of rotatable bonds is 6. The molecule has 0 amide bonds. The normalized spacial score (nSPS) is 9.62. The molecule has 0 saturated carbocycles. The maximum atomic E-state index is 11.4. The highest BCUT2D eigenvalue weighted by Gasteiger charge is 2.04. The number of ketones is 1. The van der Waals surface area contributed by atoms with E-state index in [0.29, 0.717) is 23.7 Å². The van der Waals surface area contributed by atoms with Crippen molar-refractivity contribution in [2.75, 3.05) is 13.2 Å². The van der Waals surface area contributed by atoms with Gasteiger partial charge in [-0.25, -0.2) is 0 Å². The van der Waals surface area contributed by atoms with Crippen LogP contribution in [0, 0.1) is 0 Å². The Hall–Kier alpha value is -2.04. The van der Waals surface area contributed by atoms with Crippen molar-refractivity contribution in [3.8, 4) is 17.2 Å². The standard InChI is InChI=1S/C16H17NO3.ClH/c1-2-19-13-7-9-15(10-8-13)20-14-5-3-12(4-6-14)16(18)11-17;/h3-10H,2,11,17H2,1H3;1H. The molecule has 0 heterocycles. The van der Waals surface area contributed by atoms with Gasteiger partial charge in [-0.2, -0.15) is 0 Å². The highest BCUT2D eigenvalue weighted by molar-refractivity contribution is 5.97. The smallest absolute Gasteiger partial charge is 0.176 e. The van der Waals surface area contributed by atoms with Gasteiger partial charge in [0.15, 0.2) is 5.78 Å². The van der Waals surface area contributed by atoms with Gasteiger partial charge in [-0.1, -0.05) is 0 Å². The molecule has 2 aromatic rings.